The van der Waals surface area contributed by atoms with Crippen molar-refractivity contribution in [1.82, 2.24) is 20.1 Å². The first-order valence-electron chi connectivity index (χ1n) is 8.18. The molecule has 1 aliphatic heterocycles. The van der Waals surface area contributed by atoms with Crippen molar-refractivity contribution in [2.75, 3.05) is 19.6 Å². The molecular formula is C17H20N4O4S. The third-order valence-corrected chi connectivity index (χ3v) is 6.27. The molecule has 26 heavy (non-hydrogen) atoms. The van der Waals surface area contributed by atoms with Gasteiger partial charge in [0, 0.05) is 25.8 Å². The molecule has 1 saturated heterocycles. The predicted molar refractivity (Wildman–Crippen MR) is 93.8 cm³/mol. The number of aromatic nitrogens is 1. The van der Waals surface area contributed by atoms with Crippen molar-refractivity contribution in [1.29, 1.82) is 0 Å². The van der Waals surface area contributed by atoms with Crippen LogP contribution in [0.3, 0.4) is 0 Å². The van der Waals surface area contributed by atoms with Crippen LogP contribution < -0.4 is 10.8 Å². The van der Waals surface area contributed by atoms with E-state index in [2.05, 4.69) is 10.3 Å². The summed E-state index contributed by atoms with van der Waals surface area (Å²) in [6.45, 7) is 1.28. The first-order chi connectivity index (χ1) is 12.5. The Balaban J connectivity index is 2.00. The topological polar surface area (TPSA) is 112 Å². The molecule has 1 aromatic carbocycles. The molecule has 8 nitrogen and oxygen atoms in total. The zero-order valence-corrected chi connectivity index (χ0v) is 14.8. The minimum atomic E-state index is -3.85. The maximum atomic E-state index is 13.3. The van der Waals surface area contributed by atoms with Crippen LogP contribution in [0.25, 0.3) is 0 Å². The van der Waals surface area contributed by atoms with Gasteiger partial charge in [-0.3, -0.25) is 15.0 Å². The molecule has 9 heteroatoms. The Kier molecular flexibility index (Phi) is 5.62. The second-order valence-electron chi connectivity index (χ2n) is 5.91. The lowest BCUT2D eigenvalue weighted by molar-refractivity contribution is -0.128. The molecule has 0 radical (unpaired) electrons. The van der Waals surface area contributed by atoms with Gasteiger partial charge in [-0.15, -0.1) is 0 Å². The molecule has 3 N–H and O–H groups in total. The maximum Gasteiger partial charge on any atom is 0.247 e. The highest BCUT2D eigenvalue weighted by atomic mass is 32.2. The summed E-state index contributed by atoms with van der Waals surface area (Å²) in [5.74, 6) is -0.672. The molecule has 1 fully saturated rings. The number of carbonyl (C=O) groups excluding carboxylic acids is 1. The van der Waals surface area contributed by atoms with E-state index in [1.807, 2.05) is 6.07 Å². The minimum Gasteiger partial charge on any atom is -0.313 e. The highest BCUT2D eigenvalue weighted by Gasteiger charge is 2.36. The van der Waals surface area contributed by atoms with E-state index in [4.69, 9.17) is 5.21 Å². The van der Waals surface area contributed by atoms with Crippen molar-refractivity contribution in [3.63, 3.8) is 0 Å². The van der Waals surface area contributed by atoms with E-state index in [1.165, 1.54) is 15.9 Å². The van der Waals surface area contributed by atoms with Crippen LogP contribution in [0.2, 0.25) is 0 Å². The monoisotopic (exact) mass is 376 g/mol. The Hall–Kier alpha value is -2.33. The largest absolute Gasteiger partial charge is 0.313 e. The van der Waals surface area contributed by atoms with Crippen LogP contribution in [0.15, 0.2) is 53.6 Å². The average Bonchev–Trinajstić information content (AvgIpc) is 2.69. The third kappa shape index (κ3) is 3.75. The summed E-state index contributed by atoms with van der Waals surface area (Å²) >= 11 is 0. The molecular weight excluding hydrogens is 356 g/mol. The normalized spacial score (nSPS) is 18.4. The SMILES string of the molecule is O=C(Cc1ccccc1S(=O)(=O)N1CCNCC1c1ccccn1)NO. The molecule has 3 rings (SSSR count). The number of nitrogens with zero attached hydrogens (tertiary/aromatic N) is 2. The lowest BCUT2D eigenvalue weighted by Gasteiger charge is -2.35. The number of nitrogens with one attached hydrogen (secondary N) is 2. The number of rotatable bonds is 5. The molecule has 0 aliphatic carbocycles. The molecule has 1 atom stereocenters. The van der Waals surface area contributed by atoms with Crippen molar-refractivity contribution in [2.24, 2.45) is 0 Å². The quantitative estimate of drug-likeness (QED) is 0.517. The fourth-order valence-corrected chi connectivity index (χ4v) is 4.86. The second kappa shape index (κ2) is 7.92. The van der Waals surface area contributed by atoms with Gasteiger partial charge in [-0.05, 0) is 23.8 Å². The van der Waals surface area contributed by atoms with Crippen molar-refractivity contribution in [3.05, 3.63) is 59.9 Å². The van der Waals surface area contributed by atoms with Crippen molar-refractivity contribution >= 4 is 15.9 Å². The lowest BCUT2D eigenvalue weighted by Crippen LogP contribution is -2.49. The molecule has 1 amide bonds. The van der Waals surface area contributed by atoms with Gasteiger partial charge in [-0.25, -0.2) is 13.9 Å². The van der Waals surface area contributed by atoms with Crippen LogP contribution in [0.4, 0.5) is 0 Å². The van der Waals surface area contributed by atoms with Crippen LogP contribution in [0, 0.1) is 0 Å². The summed E-state index contributed by atoms with van der Waals surface area (Å²) < 4.78 is 28.1. The third-order valence-electron chi connectivity index (χ3n) is 4.26. The Morgan fingerprint density at radius 1 is 1.27 bits per heavy atom. The molecule has 2 aromatic rings. The highest BCUT2D eigenvalue weighted by molar-refractivity contribution is 7.89. The summed E-state index contributed by atoms with van der Waals surface area (Å²) in [5, 5.41) is 12.0. The fourth-order valence-electron chi connectivity index (χ4n) is 3.04. The van der Waals surface area contributed by atoms with Crippen molar-refractivity contribution in [3.8, 4) is 0 Å². The van der Waals surface area contributed by atoms with E-state index in [-0.39, 0.29) is 11.3 Å². The van der Waals surface area contributed by atoms with E-state index < -0.39 is 22.0 Å². The molecule has 1 aliphatic rings. The molecule has 0 saturated carbocycles. The van der Waals surface area contributed by atoms with Gasteiger partial charge in [0.25, 0.3) is 0 Å². The van der Waals surface area contributed by atoms with E-state index in [1.54, 1.807) is 36.5 Å². The van der Waals surface area contributed by atoms with Crippen LogP contribution in [0.5, 0.6) is 0 Å². The number of benzene rings is 1. The molecule has 2 heterocycles. The summed E-state index contributed by atoms with van der Waals surface area (Å²) in [7, 11) is -3.85. The summed E-state index contributed by atoms with van der Waals surface area (Å²) in [6.07, 6.45) is 1.40. The zero-order valence-electron chi connectivity index (χ0n) is 14.0. The van der Waals surface area contributed by atoms with E-state index in [0.29, 0.717) is 30.9 Å². The lowest BCUT2D eigenvalue weighted by atomic mass is 10.1. The van der Waals surface area contributed by atoms with Crippen LogP contribution >= 0.6 is 0 Å². The van der Waals surface area contributed by atoms with Gasteiger partial charge < -0.3 is 5.32 Å². The molecule has 1 unspecified atom stereocenters. The molecule has 138 valence electrons. The Morgan fingerprint density at radius 3 is 2.77 bits per heavy atom. The predicted octanol–water partition coefficient (Wildman–Crippen LogP) is 0.465. The Bertz CT molecular complexity index is 873. The smallest absolute Gasteiger partial charge is 0.247 e. The standard InChI is InChI=1S/C17H20N4O4S/c22-17(20-23)11-13-5-1-2-7-16(13)26(24,25)21-10-9-18-12-15(21)14-6-3-4-8-19-14/h1-8,15,18,23H,9-12H2,(H,20,22). The number of carbonyl (C=O) groups is 1. The summed E-state index contributed by atoms with van der Waals surface area (Å²) in [5.41, 5.74) is 2.53. The number of sulfonamides is 1. The number of hydrogen-bond acceptors (Lipinski definition) is 6. The van der Waals surface area contributed by atoms with Crippen LogP contribution in [-0.4, -0.2) is 48.5 Å². The van der Waals surface area contributed by atoms with Crippen LogP contribution in [0.1, 0.15) is 17.3 Å². The van der Waals surface area contributed by atoms with E-state index in [9.17, 15) is 13.2 Å². The van der Waals surface area contributed by atoms with Gasteiger partial charge in [0.05, 0.1) is 23.1 Å². The fraction of sp³-hybridized carbons (Fsp3) is 0.294. The molecule has 1 aromatic heterocycles. The number of piperazine rings is 1. The number of pyridine rings is 1. The first-order valence-corrected chi connectivity index (χ1v) is 9.62. The van der Waals surface area contributed by atoms with Gasteiger partial charge in [-0.1, -0.05) is 24.3 Å². The van der Waals surface area contributed by atoms with Gasteiger partial charge in [0.1, 0.15) is 0 Å². The molecule has 0 bridgehead atoms. The van der Waals surface area contributed by atoms with E-state index >= 15 is 0 Å². The summed E-state index contributed by atoms with van der Waals surface area (Å²) in [6, 6.07) is 11.3. The van der Waals surface area contributed by atoms with Gasteiger partial charge in [-0.2, -0.15) is 4.31 Å². The van der Waals surface area contributed by atoms with E-state index in [0.717, 1.165) is 0 Å². The van der Waals surface area contributed by atoms with Gasteiger partial charge in [0.2, 0.25) is 15.9 Å². The van der Waals surface area contributed by atoms with Crippen molar-refractivity contribution < 1.29 is 18.4 Å². The number of hydroxylamine groups is 1. The van der Waals surface area contributed by atoms with Crippen LogP contribution in [-0.2, 0) is 21.2 Å². The average molecular weight is 376 g/mol. The summed E-state index contributed by atoms with van der Waals surface area (Å²) in [4.78, 5) is 15.9. The first kappa shape index (κ1) is 18.5. The van der Waals surface area contributed by atoms with Gasteiger partial charge in [0.15, 0.2) is 0 Å². The van der Waals surface area contributed by atoms with Crippen molar-refractivity contribution in [2.45, 2.75) is 17.4 Å². The minimum absolute atomic E-state index is 0.0615. The Labute approximate surface area is 151 Å². The zero-order chi connectivity index (χ0) is 18.6. The maximum absolute atomic E-state index is 13.3. The number of hydrogen-bond donors (Lipinski definition) is 3. The second-order valence-corrected chi connectivity index (χ2v) is 7.77. The highest BCUT2D eigenvalue weighted by Crippen LogP contribution is 2.29. The Morgan fingerprint density at radius 2 is 2.04 bits per heavy atom. The number of amides is 1. The van der Waals surface area contributed by atoms with Gasteiger partial charge >= 0.3 is 0 Å². The molecule has 0 spiro atoms.